The van der Waals surface area contributed by atoms with Gasteiger partial charge in [0.15, 0.2) is 5.78 Å². The van der Waals surface area contributed by atoms with E-state index in [1.54, 1.807) is 13.2 Å². The van der Waals surface area contributed by atoms with Crippen LogP contribution in [0.15, 0.2) is 30.3 Å². The average molecular weight is 303 g/mol. The third-order valence-corrected chi connectivity index (χ3v) is 3.70. The number of unbranched alkanes of at least 4 members (excludes halogenated alkanes) is 2. The number of carbonyl (C=O) groups is 1. The molecule has 0 N–H and O–H groups in total. The third-order valence-electron chi connectivity index (χ3n) is 3.70. The molecule has 0 aliphatic heterocycles. The standard InChI is InChI=1S/C19H29NO2/c1-5-6-7-8-17(15-20(2)3)19(21)14-11-16-9-12-18(22-4)13-10-16/h9-14,17H,5-8,15H2,1-4H3/b14-11+. The summed E-state index contributed by atoms with van der Waals surface area (Å²) >= 11 is 0. The largest absolute Gasteiger partial charge is 0.497 e. The molecule has 3 heteroatoms. The van der Waals surface area contributed by atoms with Crippen LogP contribution in [0.1, 0.15) is 38.2 Å². The summed E-state index contributed by atoms with van der Waals surface area (Å²) in [7, 11) is 5.69. The minimum Gasteiger partial charge on any atom is -0.497 e. The molecule has 0 aromatic heterocycles. The van der Waals surface area contributed by atoms with Crippen LogP contribution < -0.4 is 4.74 Å². The van der Waals surface area contributed by atoms with Gasteiger partial charge in [-0.3, -0.25) is 4.79 Å². The second kappa shape index (κ2) is 10.2. The van der Waals surface area contributed by atoms with Gasteiger partial charge in [0.05, 0.1) is 7.11 Å². The number of benzene rings is 1. The van der Waals surface area contributed by atoms with E-state index in [1.165, 1.54) is 12.8 Å². The van der Waals surface area contributed by atoms with E-state index in [1.807, 2.05) is 44.4 Å². The van der Waals surface area contributed by atoms with E-state index < -0.39 is 0 Å². The van der Waals surface area contributed by atoms with Crippen molar-refractivity contribution in [2.45, 2.75) is 32.6 Å². The van der Waals surface area contributed by atoms with E-state index in [2.05, 4.69) is 11.8 Å². The van der Waals surface area contributed by atoms with Gasteiger partial charge in [-0.25, -0.2) is 0 Å². The highest BCUT2D eigenvalue weighted by atomic mass is 16.5. The van der Waals surface area contributed by atoms with Crippen molar-refractivity contribution in [3.05, 3.63) is 35.9 Å². The van der Waals surface area contributed by atoms with Gasteiger partial charge in [0, 0.05) is 12.5 Å². The maximum Gasteiger partial charge on any atom is 0.160 e. The molecule has 3 nitrogen and oxygen atoms in total. The molecule has 1 aromatic rings. The van der Waals surface area contributed by atoms with Crippen molar-refractivity contribution in [1.29, 1.82) is 0 Å². The van der Waals surface area contributed by atoms with Crippen LogP contribution in [0.4, 0.5) is 0 Å². The van der Waals surface area contributed by atoms with Crippen molar-refractivity contribution in [3.63, 3.8) is 0 Å². The summed E-state index contributed by atoms with van der Waals surface area (Å²) < 4.78 is 5.14. The Hall–Kier alpha value is -1.61. The zero-order valence-electron chi connectivity index (χ0n) is 14.3. The number of allylic oxidation sites excluding steroid dienone is 1. The molecule has 0 radical (unpaired) electrons. The fraction of sp³-hybridized carbons (Fsp3) is 0.526. The van der Waals surface area contributed by atoms with Gasteiger partial charge >= 0.3 is 0 Å². The molecule has 0 aliphatic rings. The van der Waals surface area contributed by atoms with Crippen molar-refractivity contribution in [1.82, 2.24) is 4.90 Å². The summed E-state index contributed by atoms with van der Waals surface area (Å²) in [6.07, 6.45) is 8.09. The molecule has 1 rings (SSSR count). The van der Waals surface area contributed by atoms with Gasteiger partial charge in [0.2, 0.25) is 0 Å². The van der Waals surface area contributed by atoms with Gasteiger partial charge in [0.1, 0.15) is 5.75 Å². The molecule has 0 spiro atoms. The van der Waals surface area contributed by atoms with Crippen LogP contribution >= 0.6 is 0 Å². The lowest BCUT2D eigenvalue weighted by atomic mass is 9.95. The number of hydrogen-bond acceptors (Lipinski definition) is 3. The number of ether oxygens (including phenoxy) is 1. The Kier molecular flexibility index (Phi) is 8.53. The second-order valence-electron chi connectivity index (χ2n) is 5.96. The summed E-state index contributed by atoms with van der Waals surface area (Å²) in [5.41, 5.74) is 1.02. The molecule has 0 amide bonds. The average Bonchev–Trinajstić information content (AvgIpc) is 2.52. The van der Waals surface area contributed by atoms with Crippen molar-refractivity contribution >= 4 is 11.9 Å². The van der Waals surface area contributed by atoms with Gasteiger partial charge in [-0.2, -0.15) is 0 Å². The Morgan fingerprint density at radius 3 is 2.45 bits per heavy atom. The number of methoxy groups -OCH3 is 1. The summed E-state index contributed by atoms with van der Waals surface area (Å²) in [4.78, 5) is 14.5. The zero-order chi connectivity index (χ0) is 16.4. The molecule has 0 aliphatic carbocycles. The molecular formula is C19H29NO2. The quantitative estimate of drug-likeness (QED) is 0.483. The first-order chi connectivity index (χ1) is 10.6. The summed E-state index contributed by atoms with van der Waals surface area (Å²) in [5.74, 6) is 1.14. The smallest absolute Gasteiger partial charge is 0.160 e. The fourth-order valence-electron chi connectivity index (χ4n) is 2.43. The minimum absolute atomic E-state index is 0.0936. The molecule has 1 aromatic carbocycles. The molecule has 0 saturated heterocycles. The lowest BCUT2D eigenvalue weighted by molar-refractivity contribution is -0.118. The number of rotatable bonds is 10. The van der Waals surface area contributed by atoms with Gasteiger partial charge < -0.3 is 9.64 Å². The number of nitrogens with zero attached hydrogens (tertiary/aromatic N) is 1. The Bertz CT molecular complexity index is 463. The first-order valence-corrected chi connectivity index (χ1v) is 8.07. The molecule has 0 fully saturated rings. The van der Waals surface area contributed by atoms with E-state index in [4.69, 9.17) is 4.74 Å². The third kappa shape index (κ3) is 6.90. The Morgan fingerprint density at radius 2 is 1.91 bits per heavy atom. The molecule has 1 unspecified atom stereocenters. The van der Waals surface area contributed by atoms with Gasteiger partial charge in [0.25, 0.3) is 0 Å². The number of ketones is 1. The first-order valence-electron chi connectivity index (χ1n) is 8.07. The Labute approximate surface area is 135 Å². The van der Waals surface area contributed by atoms with Gasteiger partial charge in [-0.05, 0) is 44.3 Å². The molecule has 22 heavy (non-hydrogen) atoms. The monoisotopic (exact) mass is 303 g/mol. The molecule has 0 saturated carbocycles. The van der Waals surface area contributed by atoms with Crippen molar-refractivity contribution < 1.29 is 9.53 Å². The minimum atomic E-state index is 0.0936. The highest BCUT2D eigenvalue weighted by Crippen LogP contribution is 2.15. The molecule has 1 atom stereocenters. The van der Waals surface area contributed by atoms with Crippen LogP contribution in [0.2, 0.25) is 0 Å². The summed E-state index contributed by atoms with van der Waals surface area (Å²) in [6.45, 7) is 3.00. The lowest BCUT2D eigenvalue weighted by Crippen LogP contribution is -2.27. The lowest BCUT2D eigenvalue weighted by Gasteiger charge is -2.18. The first kappa shape index (κ1) is 18.4. The van der Waals surface area contributed by atoms with E-state index in [-0.39, 0.29) is 11.7 Å². The maximum atomic E-state index is 12.4. The molecular weight excluding hydrogens is 274 g/mol. The second-order valence-corrected chi connectivity index (χ2v) is 5.96. The normalized spacial score (nSPS) is 12.8. The van der Waals surface area contributed by atoms with E-state index >= 15 is 0 Å². The topological polar surface area (TPSA) is 29.5 Å². The van der Waals surface area contributed by atoms with Gasteiger partial charge in [-0.15, -0.1) is 0 Å². The van der Waals surface area contributed by atoms with Crippen LogP contribution in [0, 0.1) is 5.92 Å². The highest BCUT2D eigenvalue weighted by molar-refractivity contribution is 5.95. The Balaban J connectivity index is 2.64. The van der Waals surface area contributed by atoms with E-state index in [0.29, 0.717) is 0 Å². The van der Waals surface area contributed by atoms with Crippen molar-refractivity contribution in [3.8, 4) is 5.75 Å². The number of carbonyl (C=O) groups excluding carboxylic acids is 1. The maximum absolute atomic E-state index is 12.4. The highest BCUT2D eigenvalue weighted by Gasteiger charge is 2.16. The van der Waals surface area contributed by atoms with E-state index in [0.717, 1.165) is 30.7 Å². The van der Waals surface area contributed by atoms with Crippen LogP contribution in [0.3, 0.4) is 0 Å². The van der Waals surface area contributed by atoms with Crippen LogP contribution in [0.5, 0.6) is 5.75 Å². The summed E-state index contributed by atoms with van der Waals surface area (Å²) in [5, 5.41) is 0. The van der Waals surface area contributed by atoms with E-state index in [9.17, 15) is 4.79 Å². The number of hydrogen-bond donors (Lipinski definition) is 0. The predicted molar refractivity (Wildman–Crippen MR) is 93.2 cm³/mol. The van der Waals surface area contributed by atoms with Crippen molar-refractivity contribution in [2.24, 2.45) is 5.92 Å². The van der Waals surface area contributed by atoms with Crippen LogP contribution in [0.25, 0.3) is 6.08 Å². The molecule has 0 bridgehead atoms. The van der Waals surface area contributed by atoms with Gasteiger partial charge in [-0.1, -0.05) is 44.4 Å². The van der Waals surface area contributed by atoms with Crippen LogP contribution in [-0.2, 0) is 4.79 Å². The molecule has 122 valence electrons. The Morgan fingerprint density at radius 1 is 1.23 bits per heavy atom. The SMILES string of the molecule is CCCCCC(CN(C)C)C(=O)/C=C/c1ccc(OC)cc1. The molecule has 0 heterocycles. The van der Waals surface area contributed by atoms with Crippen molar-refractivity contribution in [2.75, 3.05) is 27.7 Å². The zero-order valence-corrected chi connectivity index (χ0v) is 14.3. The summed E-state index contributed by atoms with van der Waals surface area (Å²) in [6, 6.07) is 7.73. The fourth-order valence-corrected chi connectivity index (χ4v) is 2.43. The van der Waals surface area contributed by atoms with Crippen LogP contribution in [-0.4, -0.2) is 38.4 Å². The predicted octanol–water partition coefficient (Wildman–Crippen LogP) is 4.04.